The van der Waals surface area contributed by atoms with Gasteiger partial charge >= 0.3 is 0 Å². The first kappa shape index (κ1) is 12.4. The van der Waals surface area contributed by atoms with Gasteiger partial charge in [-0.25, -0.2) is 0 Å². The molecular weight excluding hydrogens is 258 g/mol. The van der Waals surface area contributed by atoms with Crippen LogP contribution >= 0.6 is 11.3 Å². The number of H-pyrrole nitrogens is 1. The van der Waals surface area contributed by atoms with E-state index < -0.39 is 0 Å². The van der Waals surface area contributed by atoms with Crippen molar-refractivity contribution >= 4 is 17.2 Å². The summed E-state index contributed by atoms with van der Waals surface area (Å²) in [5.41, 5.74) is 1.38. The second-order valence-electron chi connectivity index (χ2n) is 5.00. The van der Waals surface area contributed by atoms with Crippen LogP contribution in [0.4, 0.5) is 0 Å². The average molecular weight is 275 g/mol. The fourth-order valence-electron chi connectivity index (χ4n) is 2.54. The minimum Gasteiger partial charge on any atom is -0.350 e. The van der Waals surface area contributed by atoms with Crippen molar-refractivity contribution in [3.63, 3.8) is 0 Å². The van der Waals surface area contributed by atoms with Crippen molar-refractivity contribution in [3.8, 4) is 10.6 Å². The van der Waals surface area contributed by atoms with Gasteiger partial charge in [0.1, 0.15) is 0 Å². The average Bonchev–Trinajstić information content (AvgIpc) is 3.14. The van der Waals surface area contributed by atoms with Crippen LogP contribution in [0.25, 0.3) is 10.6 Å². The van der Waals surface area contributed by atoms with Crippen molar-refractivity contribution in [2.45, 2.75) is 25.7 Å². The molecule has 4 nitrogen and oxygen atoms in total. The third-order valence-corrected chi connectivity index (χ3v) is 4.53. The third-order valence-electron chi connectivity index (χ3n) is 3.62. The Labute approximate surface area is 116 Å². The fourth-order valence-corrected chi connectivity index (χ4v) is 3.23. The van der Waals surface area contributed by atoms with Gasteiger partial charge in [0.25, 0.3) is 5.91 Å². The summed E-state index contributed by atoms with van der Waals surface area (Å²) in [6.45, 7) is 0.778. The molecule has 3 rings (SSSR count). The van der Waals surface area contributed by atoms with E-state index in [0.717, 1.165) is 17.1 Å². The number of hydrogen-bond donors (Lipinski definition) is 2. The summed E-state index contributed by atoms with van der Waals surface area (Å²) in [6, 6.07) is 5.81. The summed E-state index contributed by atoms with van der Waals surface area (Å²) in [6.07, 6.45) is 5.07. The predicted octanol–water partition coefficient (Wildman–Crippen LogP) is 3.06. The van der Waals surface area contributed by atoms with Crippen LogP contribution in [0.1, 0.15) is 36.2 Å². The van der Waals surface area contributed by atoms with Gasteiger partial charge in [-0.3, -0.25) is 9.89 Å². The van der Waals surface area contributed by atoms with Gasteiger partial charge in [0.15, 0.2) is 5.69 Å². The topological polar surface area (TPSA) is 57.8 Å². The number of thiophene rings is 1. The highest BCUT2D eigenvalue weighted by molar-refractivity contribution is 7.13. The van der Waals surface area contributed by atoms with Crippen molar-refractivity contribution < 1.29 is 4.79 Å². The van der Waals surface area contributed by atoms with Crippen LogP contribution in [0.15, 0.2) is 23.6 Å². The zero-order valence-corrected chi connectivity index (χ0v) is 11.5. The molecule has 1 amide bonds. The van der Waals surface area contributed by atoms with Crippen LogP contribution in [0.2, 0.25) is 0 Å². The normalized spacial score (nSPS) is 15.8. The Morgan fingerprint density at radius 2 is 2.32 bits per heavy atom. The van der Waals surface area contributed by atoms with E-state index in [1.54, 1.807) is 11.3 Å². The molecule has 0 atom stereocenters. The summed E-state index contributed by atoms with van der Waals surface area (Å²) in [5, 5.41) is 12.0. The lowest BCUT2D eigenvalue weighted by atomic mass is 10.1. The number of carbonyl (C=O) groups is 1. The Hall–Kier alpha value is -1.62. The van der Waals surface area contributed by atoms with Gasteiger partial charge in [-0.05, 0) is 36.3 Å². The molecule has 2 N–H and O–H groups in total. The molecule has 0 spiro atoms. The van der Waals surface area contributed by atoms with Crippen molar-refractivity contribution in [1.82, 2.24) is 15.5 Å². The predicted molar refractivity (Wildman–Crippen MR) is 76.2 cm³/mol. The lowest BCUT2D eigenvalue weighted by Gasteiger charge is -2.08. The molecule has 1 fully saturated rings. The number of carbonyl (C=O) groups excluding carboxylic acids is 1. The van der Waals surface area contributed by atoms with E-state index in [1.807, 2.05) is 23.6 Å². The Bertz CT molecular complexity index is 541. The number of rotatable bonds is 4. The van der Waals surface area contributed by atoms with Gasteiger partial charge in [-0.15, -0.1) is 11.3 Å². The van der Waals surface area contributed by atoms with Crippen LogP contribution in [0, 0.1) is 5.92 Å². The Morgan fingerprint density at radius 3 is 3.05 bits per heavy atom. The molecule has 2 aromatic heterocycles. The van der Waals surface area contributed by atoms with E-state index in [4.69, 9.17) is 0 Å². The quantitative estimate of drug-likeness (QED) is 0.901. The summed E-state index contributed by atoms with van der Waals surface area (Å²) in [7, 11) is 0. The van der Waals surface area contributed by atoms with Gasteiger partial charge in [0, 0.05) is 6.54 Å². The van der Waals surface area contributed by atoms with Crippen molar-refractivity contribution in [1.29, 1.82) is 0 Å². The molecule has 0 radical (unpaired) electrons. The first-order valence-electron chi connectivity index (χ1n) is 6.70. The van der Waals surface area contributed by atoms with Gasteiger partial charge < -0.3 is 5.32 Å². The SMILES string of the molecule is O=C(NCC1CCCC1)c1cc(-c2cccs2)[nH]n1. The third kappa shape index (κ3) is 2.87. The van der Waals surface area contributed by atoms with Crippen LogP contribution in [0.5, 0.6) is 0 Å². The molecule has 2 heterocycles. The molecule has 19 heavy (non-hydrogen) atoms. The second-order valence-corrected chi connectivity index (χ2v) is 5.95. The minimum atomic E-state index is -0.0778. The zero-order valence-electron chi connectivity index (χ0n) is 10.7. The standard InChI is InChI=1S/C14H17N3OS/c18-14(15-9-10-4-1-2-5-10)12-8-11(16-17-12)13-6-3-7-19-13/h3,6-8,10H,1-2,4-5,9H2,(H,15,18)(H,16,17). The van der Waals surface area contributed by atoms with E-state index in [-0.39, 0.29) is 5.91 Å². The van der Waals surface area contributed by atoms with Crippen LogP contribution in [-0.4, -0.2) is 22.6 Å². The minimum absolute atomic E-state index is 0.0778. The smallest absolute Gasteiger partial charge is 0.271 e. The molecule has 5 heteroatoms. The number of amides is 1. The maximum Gasteiger partial charge on any atom is 0.271 e. The molecule has 0 aliphatic heterocycles. The summed E-state index contributed by atoms with van der Waals surface area (Å²) in [5.74, 6) is 0.575. The summed E-state index contributed by atoms with van der Waals surface area (Å²) in [4.78, 5) is 13.1. The lowest BCUT2D eigenvalue weighted by Crippen LogP contribution is -2.28. The highest BCUT2D eigenvalue weighted by Crippen LogP contribution is 2.24. The largest absolute Gasteiger partial charge is 0.350 e. The van der Waals surface area contributed by atoms with E-state index in [2.05, 4.69) is 15.5 Å². The summed E-state index contributed by atoms with van der Waals surface area (Å²) < 4.78 is 0. The molecule has 0 unspecified atom stereocenters. The first-order chi connectivity index (χ1) is 9.33. The van der Waals surface area contributed by atoms with Crippen molar-refractivity contribution in [3.05, 3.63) is 29.3 Å². The highest BCUT2D eigenvalue weighted by Gasteiger charge is 2.17. The van der Waals surface area contributed by atoms with Gasteiger partial charge in [-0.2, -0.15) is 5.10 Å². The Morgan fingerprint density at radius 1 is 1.47 bits per heavy atom. The van der Waals surface area contributed by atoms with Gasteiger partial charge in [-0.1, -0.05) is 18.9 Å². The van der Waals surface area contributed by atoms with Gasteiger partial charge in [0.2, 0.25) is 0 Å². The number of hydrogen-bond acceptors (Lipinski definition) is 3. The number of aromatic nitrogens is 2. The zero-order chi connectivity index (χ0) is 13.1. The fraction of sp³-hybridized carbons (Fsp3) is 0.429. The molecule has 1 aliphatic carbocycles. The molecule has 1 aliphatic rings. The molecule has 0 aromatic carbocycles. The number of nitrogens with one attached hydrogen (secondary N) is 2. The molecule has 2 aromatic rings. The van der Waals surface area contributed by atoms with Crippen molar-refractivity contribution in [2.24, 2.45) is 5.92 Å². The second kappa shape index (κ2) is 5.57. The van der Waals surface area contributed by atoms with E-state index >= 15 is 0 Å². The molecular formula is C14H17N3OS. The van der Waals surface area contributed by atoms with Crippen LogP contribution in [-0.2, 0) is 0 Å². The van der Waals surface area contributed by atoms with Crippen LogP contribution in [0.3, 0.4) is 0 Å². The van der Waals surface area contributed by atoms with Crippen molar-refractivity contribution in [2.75, 3.05) is 6.54 Å². The van der Waals surface area contributed by atoms with E-state index in [0.29, 0.717) is 11.6 Å². The Kier molecular flexibility index (Phi) is 3.64. The maximum atomic E-state index is 12.0. The highest BCUT2D eigenvalue weighted by atomic mass is 32.1. The lowest BCUT2D eigenvalue weighted by molar-refractivity contribution is 0.0942. The van der Waals surface area contributed by atoms with E-state index in [1.165, 1.54) is 25.7 Å². The van der Waals surface area contributed by atoms with Crippen LogP contribution < -0.4 is 5.32 Å². The number of aromatic amines is 1. The Balaban J connectivity index is 1.60. The molecule has 0 bridgehead atoms. The molecule has 1 saturated carbocycles. The summed E-state index contributed by atoms with van der Waals surface area (Å²) >= 11 is 1.63. The van der Waals surface area contributed by atoms with Gasteiger partial charge in [0.05, 0.1) is 10.6 Å². The first-order valence-corrected chi connectivity index (χ1v) is 7.58. The molecule has 100 valence electrons. The van der Waals surface area contributed by atoms with E-state index in [9.17, 15) is 4.79 Å². The monoisotopic (exact) mass is 275 g/mol. The molecule has 0 saturated heterocycles. The number of nitrogens with zero attached hydrogens (tertiary/aromatic N) is 1. The maximum absolute atomic E-state index is 12.0.